The van der Waals surface area contributed by atoms with Gasteiger partial charge in [0, 0.05) is 0 Å². The maximum Gasteiger partial charge on any atom is 0.157 e. The van der Waals surface area contributed by atoms with Crippen molar-refractivity contribution >= 4 is 9.84 Å². The van der Waals surface area contributed by atoms with Crippen LogP contribution in [0.25, 0.3) is 0 Å². The molecule has 0 aromatic rings. The molecular weight excluding hydrogens is 160 g/mol. The predicted molar refractivity (Wildman–Crippen MR) is 48.4 cm³/mol. The molecule has 2 nitrogen and oxygen atoms in total. The maximum absolute atomic E-state index is 11.6. The number of rotatable bonds is 2. The quantitative estimate of drug-likeness (QED) is 0.648. The molecule has 0 aliphatic rings. The van der Waals surface area contributed by atoms with E-state index >= 15 is 0 Å². The Kier molecular flexibility index (Phi) is 3.12. The lowest BCUT2D eigenvalue weighted by Crippen LogP contribution is -2.35. The van der Waals surface area contributed by atoms with E-state index in [1.54, 1.807) is 27.7 Å². The predicted octanol–water partition coefficient (Wildman–Crippen LogP) is 2.00. The first-order valence-corrected chi connectivity index (χ1v) is 5.51. The first kappa shape index (κ1) is 11.0. The highest BCUT2D eigenvalue weighted by Gasteiger charge is 2.32. The van der Waals surface area contributed by atoms with Crippen molar-refractivity contribution in [3.63, 3.8) is 0 Å². The Morgan fingerprint density at radius 3 is 1.73 bits per heavy atom. The molecule has 0 aromatic heterocycles. The van der Waals surface area contributed by atoms with Gasteiger partial charge in [-0.3, -0.25) is 0 Å². The van der Waals surface area contributed by atoms with Crippen LogP contribution in [0.3, 0.4) is 0 Å². The van der Waals surface area contributed by atoms with E-state index in [1.165, 1.54) is 0 Å². The molecule has 11 heavy (non-hydrogen) atoms. The minimum Gasteiger partial charge on any atom is -0.228 e. The Balaban J connectivity index is 4.77. The summed E-state index contributed by atoms with van der Waals surface area (Å²) >= 11 is 0. The molecule has 0 amide bonds. The standard InChI is InChI=1S/C8H18O2S/c1-6-7(2)11(9,10)8(3,4)5/h7H,6H2,1-5H3. The lowest BCUT2D eigenvalue weighted by molar-refractivity contribution is 0.545. The molecule has 0 spiro atoms. The van der Waals surface area contributed by atoms with Crippen molar-refractivity contribution in [3.05, 3.63) is 0 Å². The fourth-order valence-corrected chi connectivity index (χ4v) is 2.47. The van der Waals surface area contributed by atoms with Gasteiger partial charge in [-0.25, -0.2) is 8.42 Å². The molecule has 0 rings (SSSR count). The highest BCUT2D eigenvalue weighted by Crippen LogP contribution is 2.21. The Morgan fingerprint density at radius 2 is 1.64 bits per heavy atom. The van der Waals surface area contributed by atoms with Crippen LogP contribution in [-0.4, -0.2) is 18.4 Å². The SMILES string of the molecule is CCC(C)S(=O)(=O)C(C)(C)C. The molecule has 1 atom stereocenters. The molecule has 68 valence electrons. The molecule has 0 fully saturated rings. The fourth-order valence-electron chi connectivity index (χ4n) is 0.823. The third-order valence-electron chi connectivity index (χ3n) is 1.96. The highest BCUT2D eigenvalue weighted by molar-refractivity contribution is 7.93. The van der Waals surface area contributed by atoms with Crippen LogP contribution in [0.1, 0.15) is 41.0 Å². The van der Waals surface area contributed by atoms with Gasteiger partial charge in [-0.15, -0.1) is 0 Å². The summed E-state index contributed by atoms with van der Waals surface area (Å²) in [4.78, 5) is 0. The minimum absolute atomic E-state index is 0.220. The minimum atomic E-state index is -2.93. The zero-order chi connectivity index (χ0) is 9.28. The van der Waals surface area contributed by atoms with Crippen molar-refractivity contribution in [2.24, 2.45) is 0 Å². The second kappa shape index (κ2) is 3.13. The number of sulfone groups is 1. The van der Waals surface area contributed by atoms with Gasteiger partial charge in [-0.1, -0.05) is 6.92 Å². The summed E-state index contributed by atoms with van der Waals surface area (Å²) in [7, 11) is -2.93. The molecule has 0 N–H and O–H groups in total. The van der Waals surface area contributed by atoms with Crippen LogP contribution in [0.2, 0.25) is 0 Å². The molecule has 0 saturated heterocycles. The van der Waals surface area contributed by atoms with Crippen LogP contribution < -0.4 is 0 Å². The van der Waals surface area contributed by atoms with Crippen LogP contribution in [0.5, 0.6) is 0 Å². The van der Waals surface area contributed by atoms with E-state index in [0.717, 1.165) is 0 Å². The van der Waals surface area contributed by atoms with Crippen molar-refractivity contribution in [3.8, 4) is 0 Å². The summed E-state index contributed by atoms with van der Waals surface area (Å²) in [5, 5.41) is -0.220. The van der Waals surface area contributed by atoms with E-state index in [9.17, 15) is 8.42 Å². The van der Waals surface area contributed by atoms with Crippen molar-refractivity contribution in [1.82, 2.24) is 0 Å². The summed E-state index contributed by atoms with van der Waals surface area (Å²) in [5.74, 6) is 0. The van der Waals surface area contributed by atoms with E-state index in [2.05, 4.69) is 0 Å². The van der Waals surface area contributed by atoms with Crippen molar-refractivity contribution in [2.75, 3.05) is 0 Å². The summed E-state index contributed by atoms with van der Waals surface area (Å²) in [6, 6.07) is 0. The summed E-state index contributed by atoms with van der Waals surface area (Å²) in [6.07, 6.45) is 0.694. The number of hydrogen-bond acceptors (Lipinski definition) is 2. The average molecular weight is 178 g/mol. The second-order valence-electron chi connectivity index (χ2n) is 3.88. The Hall–Kier alpha value is -0.0500. The normalized spacial score (nSPS) is 16.5. The summed E-state index contributed by atoms with van der Waals surface area (Å²) in [6.45, 7) is 8.89. The van der Waals surface area contributed by atoms with Crippen LogP contribution in [0.4, 0.5) is 0 Å². The third kappa shape index (κ3) is 2.19. The fraction of sp³-hybridized carbons (Fsp3) is 1.00. The van der Waals surface area contributed by atoms with E-state index < -0.39 is 14.6 Å². The molecule has 0 aliphatic carbocycles. The Bertz CT molecular complexity index is 209. The molecule has 0 aliphatic heterocycles. The van der Waals surface area contributed by atoms with E-state index in [4.69, 9.17) is 0 Å². The monoisotopic (exact) mass is 178 g/mol. The largest absolute Gasteiger partial charge is 0.228 e. The van der Waals surface area contributed by atoms with Crippen LogP contribution in [0.15, 0.2) is 0 Å². The van der Waals surface area contributed by atoms with Crippen LogP contribution in [-0.2, 0) is 9.84 Å². The topological polar surface area (TPSA) is 34.1 Å². The van der Waals surface area contributed by atoms with Crippen LogP contribution >= 0.6 is 0 Å². The maximum atomic E-state index is 11.6. The van der Waals surface area contributed by atoms with Gasteiger partial charge in [0.25, 0.3) is 0 Å². The van der Waals surface area contributed by atoms with Crippen molar-refractivity contribution in [1.29, 1.82) is 0 Å². The van der Waals surface area contributed by atoms with Gasteiger partial charge in [0.05, 0.1) is 10.00 Å². The Morgan fingerprint density at radius 1 is 1.27 bits per heavy atom. The van der Waals surface area contributed by atoms with Crippen molar-refractivity contribution < 1.29 is 8.42 Å². The summed E-state index contributed by atoms with van der Waals surface area (Å²) < 4.78 is 22.6. The van der Waals surface area contributed by atoms with Gasteiger partial charge in [0.1, 0.15) is 0 Å². The van der Waals surface area contributed by atoms with Gasteiger partial charge in [-0.2, -0.15) is 0 Å². The van der Waals surface area contributed by atoms with Gasteiger partial charge in [0.15, 0.2) is 9.84 Å². The van der Waals surface area contributed by atoms with E-state index in [1.807, 2.05) is 6.92 Å². The van der Waals surface area contributed by atoms with Crippen LogP contribution in [0, 0.1) is 0 Å². The zero-order valence-electron chi connectivity index (χ0n) is 8.01. The third-order valence-corrected chi connectivity index (χ3v) is 5.06. The molecule has 1 unspecified atom stereocenters. The molecule has 0 bridgehead atoms. The van der Waals surface area contributed by atoms with E-state index in [0.29, 0.717) is 6.42 Å². The second-order valence-corrected chi connectivity index (χ2v) is 7.00. The smallest absolute Gasteiger partial charge is 0.157 e. The highest BCUT2D eigenvalue weighted by atomic mass is 32.2. The zero-order valence-corrected chi connectivity index (χ0v) is 8.83. The molecule has 0 heterocycles. The van der Waals surface area contributed by atoms with Gasteiger partial charge in [0.2, 0.25) is 0 Å². The first-order chi connectivity index (χ1) is 4.73. The lowest BCUT2D eigenvalue weighted by Gasteiger charge is -2.23. The molecule has 0 saturated carbocycles. The van der Waals surface area contributed by atoms with Gasteiger partial charge in [-0.05, 0) is 34.1 Å². The molecule has 3 heteroatoms. The summed E-state index contributed by atoms with van der Waals surface area (Å²) in [5.41, 5.74) is 0. The van der Waals surface area contributed by atoms with Crippen molar-refractivity contribution in [2.45, 2.75) is 51.0 Å². The molecular formula is C8H18O2S. The molecule has 0 radical (unpaired) electrons. The number of hydrogen-bond donors (Lipinski definition) is 0. The van der Waals surface area contributed by atoms with E-state index in [-0.39, 0.29) is 5.25 Å². The first-order valence-electron chi connectivity index (χ1n) is 3.97. The van der Waals surface area contributed by atoms with Gasteiger partial charge >= 0.3 is 0 Å². The Labute approximate surface area is 69.9 Å². The average Bonchev–Trinajstić information content (AvgIpc) is 1.83. The molecule has 0 aromatic carbocycles. The van der Waals surface area contributed by atoms with Gasteiger partial charge < -0.3 is 0 Å². The lowest BCUT2D eigenvalue weighted by atomic mass is 10.3.